The van der Waals surface area contributed by atoms with Crippen LogP contribution < -0.4 is 5.32 Å². The maximum Gasteiger partial charge on any atom is 0.256 e. The molecule has 180 valence electrons. The van der Waals surface area contributed by atoms with Crippen molar-refractivity contribution in [2.45, 2.75) is 50.9 Å². The highest BCUT2D eigenvalue weighted by molar-refractivity contribution is 5.98. The van der Waals surface area contributed by atoms with Crippen LogP contribution in [0.15, 0.2) is 54.6 Å². The first kappa shape index (κ1) is 23.9. The van der Waals surface area contributed by atoms with Crippen molar-refractivity contribution in [2.75, 3.05) is 19.7 Å². The molecule has 1 spiro atoms. The van der Waals surface area contributed by atoms with Crippen LogP contribution >= 0.6 is 0 Å². The van der Waals surface area contributed by atoms with Crippen LogP contribution in [0.3, 0.4) is 0 Å². The number of carbonyl (C=O) groups is 3. The Morgan fingerprint density at radius 2 is 1.65 bits per heavy atom. The van der Waals surface area contributed by atoms with Gasteiger partial charge in [-0.1, -0.05) is 25.1 Å². The van der Waals surface area contributed by atoms with Gasteiger partial charge in [0.15, 0.2) is 0 Å². The van der Waals surface area contributed by atoms with E-state index in [1.165, 1.54) is 24.3 Å². The Labute approximate surface area is 198 Å². The lowest BCUT2D eigenvalue weighted by Crippen LogP contribution is -2.60. The van der Waals surface area contributed by atoms with E-state index in [2.05, 4.69) is 5.32 Å². The lowest BCUT2D eigenvalue weighted by atomic mass is 9.96. The first-order chi connectivity index (χ1) is 16.3. The SMILES string of the molecule is CC[C@H](C)NC(=O)[C@@H]1COC2(CCN(C(=O)c3ccc(F)cc3)CC2)N1C(=O)c1ccccc1. The van der Waals surface area contributed by atoms with Crippen molar-refractivity contribution in [3.63, 3.8) is 0 Å². The van der Waals surface area contributed by atoms with Gasteiger partial charge in [0.2, 0.25) is 5.91 Å². The minimum atomic E-state index is -0.968. The number of rotatable bonds is 5. The van der Waals surface area contributed by atoms with Gasteiger partial charge < -0.3 is 15.0 Å². The third-order valence-corrected chi connectivity index (χ3v) is 6.73. The van der Waals surface area contributed by atoms with Crippen LogP contribution in [0.2, 0.25) is 0 Å². The van der Waals surface area contributed by atoms with Crippen LogP contribution in [-0.2, 0) is 9.53 Å². The van der Waals surface area contributed by atoms with Crippen LogP contribution in [0, 0.1) is 5.82 Å². The molecule has 2 saturated heterocycles. The second-order valence-corrected chi connectivity index (χ2v) is 8.93. The molecule has 0 bridgehead atoms. The van der Waals surface area contributed by atoms with Gasteiger partial charge in [-0.05, 0) is 49.7 Å². The maximum absolute atomic E-state index is 13.6. The number of carbonyl (C=O) groups excluding carboxylic acids is 3. The highest BCUT2D eigenvalue weighted by Gasteiger charge is 2.54. The number of nitrogens with zero attached hydrogens (tertiary/aromatic N) is 2. The van der Waals surface area contributed by atoms with E-state index in [0.717, 1.165) is 6.42 Å². The molecule has 1 N–H and O–H groups in total. The molecule has 2 aliphatic heterocycles. The highest BCUT2D eigenvalue weighted by Crippen LogP contribution is 2.38. The third-order valence-electron chi connectivity index (χ3n) is 6.73. The number of benzene rings is 2. The zero-order chi connectivity index (χ0) is 24.3. The lowest BCUT2D eigenvalue weighted by molar-refractivity contribution is -0.128. The Balaban J connectivity index is 1.56. The van der Waals surface area contributed by atoms with Crippen LogP contribution in [0.1, 0.15) is 53.8 Å². The minimum absolute atomic E-state index is 0.0205. The van der Waals surface area contributed by atoms with E-state index in [1.54, 1.807) is 34.1 Å². The van der Waals surface area contributed by atoms with E-state index in [1.807, 2.05) is 19.9 Å². The monoisotopic (exact) mass is 467 g/mol. The predicted octanol–water partition coefficient (Wildman–Crippen LogP) is 3.21. The molecule has 0 aliphatic carbocycles. The fourth-order valence-corrected chi connectivity index (χ4v) is 4.56. The number of ether oxygens (including phenoxy) is 1. The summed E-state index contributed by atoms with van der Waals surface area (Å²) in [5, 5.41) is 2.97. The van der Waals surface area contributed by atoms with Crippen molar-refractivity contribution in [1.82, 2.24) is 15.1 Å². The van der Waals surface area contributed by atoms with Crippen LogP contribution in [-0.4, -0.2) is 65.0 Å². The number of nitrogens with one attached hydrogen (secondary N) is 1. The van der Waals surface area contributed by atoms with Gasteiger partial charge in [0.05, 0.1) is 6.61 Å². The average Bonchev–Trinajstić information content (AvgIpc) is 3.23. The second-order valence-electron chi connectivity index (χ2n) is 8.93. The Bertz CT molecular complexity index is 1040. The number of halogens is 1. The van der Waals surface area contributed by atoms with E-state index in [-0.39, 0.29) is 30.4 Å². The van der Waals surface area contributed by atoms with Crippen LogP contribution in [0.5, 0.6) is 0 Å². The van der Waals surface area contributed by atoms with Crippen molar-refractivity contribution >= 4 is 17.7 Å². The van der Waals surface area contributed by atoms with Gasteiger partial charge >= 0.3 is 0 Å². The summed E-state index contributed by atoms with van der Waals surface area (Å²) in [6.07, 6.45) is 1.54. The summed E-state index contributed by atoms with van der Waals surface area (Å²) in [5.74, 6) is -1.09. The van der Waals surface area contributed by atoms with E-state index in [9.17, 15) is 18.8 Å². The Kier molecular flexibility index (Phi) is 6.97. The number of amides is 3. The first-order valence-electron chi connectivity index (χ1n) is 11.7. The molecule has 2 aliphatic rings. The molecular weight excluding hydrogens is 437 g/mol. The molecule has 0 aromatic heterocycles. The molecule has 7 nitrogen and oxygen atoms in total. The quantitative estimate of drug-likeness (QED) is 0.733. The standard InChI is InChI=1S/C26H30FN3O4/c1-3-18(2)28-23(31)22-17-34-26(30(22)25(33)19-7-5-4-6-8-19)13-15-29(16-14-26)24(32)20-9-11-21(27)12-10-20/h4-12,18,22H,3,13-17H2,1-2H3,(H,28,31)/t18-,22-/m0/s1. The van der Waals surface area contributed by atoms with E-state index in [4.69, 9.17) is 4.74 Å². The molecule has 4 rings (SSSR count). The van der Waals surface area contributed by atoms with Gasteiger partial charge in [-0.15, -0.1) is 0 Å². The molecule has 2 aromatic carbocycles. The molecule has 2 atom stereocenters. The lowest BCUT2D eigenvalue weighted by Gasteiger charge is -2.44. The summed E-state index contributed by atoms with van der Waals surface area (Å²) in [4.78, 5) is 42.9. The van der Waals surface area contributed by atoms with Crippen molar-refractivity contribution in [2.24, 2.45) is 0 Å². The van der Waals surface area contributed by atoms with E-state index < -0.39 is 17.6 Å². The molecule has 2 heterocycles. The molecule has 34 heavy (non-hydrogen) atoms. The Morgan fingerprint density at radius 3 is 2.26 bits per heavy atom. The second kappa shape index (κ2) is 9.93. The zero-order valence-corrected chi connectivity index (χ0v) is 19.5. The van der Waals surface area contributed by atoms with Gasteiger partial charge in [-0.25, -0.2) is 4.39 Å². The number of hydrogen-bond acceptors (Lipinski definition) is 4. The largest absolute Gasteiger partial charge is 0.353 e. The van der Waals surface area contributed by atoms with Gasteiger partial charge in [-0.2, -0.15) is 0 Å². The topological polar surface area (TPSA) is 79.0 Å². The first-order valence-corrected chi connectivity index (χ1v) is 11.7. The highest BCUT2D eigenvalue weighted by atomic mass is 19.1. The van der Waals surface area contributed by atoms with Crippen LogP contribution in [0.25, 0.3) is 0 Å². The van der Waals surface area contributed by atoms with Crippen molar-refractivity contribution < 1.29 is 23.5 Å². The summed E-state index contributed by atoms with van der Waals surface area (Å²) in [7, 11) is 0. The molecule has 0 radical (unpaired) electrons. The summed E-state index contributed by atoms with van der Waals surface area (Å²) >= 11 is 0. The summed E-state index contributed by atoms with van der Waals surface area (Å²) in [6.45, 7) is 4.72. The van der Waals surface area contributed by atoms with Gasteiger partial charge in [0.1, 0.15) is 17.6 Å². The van der Waals surface area contributed by atoms with Crippen molar-refractivity contribution in [1.29, 1.82) is 0 Å². The van der Waals surface area contributed by atoms with Gasteiger partial charge in [0, 0.05) is 43.1 Å². The van der Waals surface area contributed by atoms with Gasteiger partial charge in [0.25, 0.3) is 11.8 Å². The molecule has 0 unspecified atom stereocenters. The third kappa shape index (κ3) is 4.68. The van der Waals surface area contributed by atoms with Crippen LogP contribution in [0.4, 0.5) is 4.39 Å². The number of hydrogen-bond donors (Lipinski definition) is 1. The minimum Gasteiger partial charge on any atom is -0.353 e. The summed E-state index contributed by atoms with van der Waals surface area (Å²) < 4.78 is 19.4. The normalized spacial score (nSPS) is 20.3. The predicted molar refractivity (Wildman–Crippen MR) is 125 cm³/mol. The molecule has 2 fully saturated rings. The number of piperidine rings is 1. The maximum atomic E-state index is 13.6. The molecule has 2 aromatic rings. The fourth-order valence-electron chi connectivity index (χ4n) is 4.56. The summed E-state index contributed by atoms with van der Waals surface area (Å²) in [6, 6.07) is 13.6. The average molecular weight is 468 g/mol. The Morgan fingerprint density at radius 1 is 1.03 bits per heavy atom. The Hall–Kier alpha value is -3.26. The van der Waals surface area contributed by atoms with Gasteiger partial charge in [-0.3, -0.25) is 19.3 Å². The molecule has 8 heteroatoms. The number of likely N-dealkylation sites (tertiary alicyclic amines) is 1. The molecular formula is C26H30FN3O4. The van der Waals surface area contributed by atoms with Crippen molar-refractivity contribution in [3.8, 4) is 0 Å². The van der Waals surface area contributed by atoms with E-state index >= 15 is 0 Å². The van der Waals surface area contributed by atoms with Crippen molar-refractivity contribution in [3.05, 3.63) is 71.5 Å². The molecule has 0 saturated carbocycles. The zero-order valence-electron chi connectivity index (χ0n) is 19.5. The summed E-state index contributed by atoms with van der Waals surface area (Å²) in [5.41, 5.74) is -0.0736. The van der Waals surface area contributed by atoms with E-state index in [0.29, 0.717) is 37.1 Å². The smallest absolute Gasteiger partial charge is 0.256 e. The molecule has 3 amide bonds. The fraction of sp³-hybridized carbons (Fsp3) is 0.423.